The molecule has 2 N–H and O–H groups in total. The van der Waals surface area contributed by atoms with Crippen LogP contribution in [0.25, 0.3) is 0 Å². The maximum Gasteiger partial charge on any atom is 0.192 e. The van der Waals surface area contributed by atoms with Crippen LogP contribution in [0.1, 0.15) is 27.2 Å². The summed E-state index contributed by atoms with van der Waals surface area (Å²) in [4.78, 5) is 0.277. The van der Waals surface area contributed by atoms with Crippen LogP contribution in [-0.2, 0) is 9.16 Å². The minimum Gasteiger partial charge on any atom is -0.416 e. The first-order valence-electron chi connectivity index (χ1n) is 8.82. The van der Waals surface area contributed by atoms with Crippen molar-refractivity contribution in [1.82, 2.24) is 0 Å². The predicted molar refractivity (Wildman–Crippen MR) is 94.1 cm³/mol. The summed E-state index contributed by atoms with van der Waals surface area (Å²) in [5, 5.41) is 21.6. The fraction of sp³-hybridized carbons (Fsp3) is 1.00. The number of hydrogen-bond acceptors (Lipinski definition) is 4. The van der Waals surface area contributed by atoms with Crippen LogP contribution in [0.4, 0.5) is 0 Å². The van der Waals surface area contributed by atoms with Gasteiger partial charge in [0.05, 0.1) is 18.3 Å². The fourth-order valence-electron chi connectivity index (χ4n) is 5.54. The number of hydrogen-bond donors (Lipinski definition) is 2. The highest BCUT2D eigenvalue weighted by Gasteiger charge is 2.79. The number of aliphatic hydroxyl groups is 2. The van der Waals surface area contributed by atoms with E-state index in [1.54, 1.807) is 0 Å². The first kappa shape index (κ1) is 17.0. The molecule has 132 valence electrons. The molecular weight excluding hydrogens is 376 g/mol. The van der Waals surface area contributed by atoms with E-state index in [0.717, 1.165) is 6.42 Å². The summed E-state index contributed by atoms with van der Waals surface area (Å²) in [7, 11) is -1.90. The van der Waals surface area contributed by atoms with Crippen molar-refractivity contribution in [2.75, 3.05) is 6.61 Å². The van der Waals surface area contributed by atoms with Crippen molar-refractivity contribution in [1.29, 1.82) is 0 Å². The molecule has 0 aromatic rings. The van der Waals surface area contributed by atoms with Crippen LogP contribution in [0.15, 0.2) is 0 Å². The molecule has 3 unspecified atom stereocenters. The zero-order valence-electron chi connectivity index (χ0n) is 14.6. The van der Waals surface area contributed by atoms with Gasteiger partial charge < -0.3 is 19.4 Å². The first-order valence-corrected chi connectivity index (χ1v) is 12.6. The molecule has 0 aromatic carbocycles. The lowest BCUT2D eigenvalue weighted by Crippen LogP contribution is -2.55. The monoisotopic (exact) mass is 404 g/mol. The molecular formula is C17H29BrO4Si. The summed E-state index contributed by atoms with van der Waals surface area (Å²) in [5.41, 5.74) is -0.342. The molecule has 23 heavy (non-hydrogen) atoms. The molecule has 4 aliphatic rings. The molecule has 0 radical (unpaired) electrons. The lowest BCUT2D eigenvalue weighted by Gasteiger charge is -2.46. The van der Waals surface area contributed by atoms with E-state index in [4.69, 9.17) is 9.16 Å². The quantitative estimate of drug-likeness (QED) is 0.560. The number of ether oxygens (including phenoxy) is 1. The van der Waals surface area contributed by atoms with Crippen molar-refractivity contribution in [3.63, 3.8) is 0 Å². The van der Waals surface area contributed by atoms with Gasteiger partial charge in [-0.25, -0.2) is 0 Å². The molecule has 4 rings (SSSR count). The van der Waals surface area contributed by atoms with Gasteiger partial charge in [0, 0.05) is 22.8 Å². The van der Waals surface area contributed by atoms with Crippen LogP contribution in [0.5, 0.6) is 0 Å². The number of fused-ring (bicyclic) bond motifs is 2. The summed E-state index contributed by atoms with van der Waals surface area (Å²) in [6.07, 6.45) is -0.419. The average Bonchev–Trinajstić information content (AvgIpc) is 3.08. The summed E-state index contributed by atoms with van der Waals surface area (Å²) < 4.78 is 12.7. The molecule has 2 bridgehead atoms. The van der Waals surface area contributed by atoms with Gasteiger partial charge in [0.2, 0.25) is 0 Å². The number of halogens is 1. The second-order valence-corrected chi connectivity index (χ2v) is 15.5. The number of alkyl halides is 1. The van der Waals surface area contributed by atoms with E-state index < -0.39 is 20.5 Å². The Morgan fingerprint density at radius 2 is 1.91 bits per heavy atom. The largest absolute Gasteiger partial charge is 0.416 e. The Morgan fingerprint density at radius 1 is 1.26 bits per heavy atom. The Bertz CT molecular complexity index is 521. The third kappa shape index (κ3) is 1.91. The lowest BCUT2D eigenvalue weighted by atomic mass is 9.67. The van der Waals surface area contributed by atoms with Gasteiger partial charge in [-0.2, -0.15) is 0 Å². The molecule has 1 saturated heterocycles. The highest BCUT2D eigenvalue weighted by molar-refractivity contribution is 9.09. The highest BCUT2D eigenvalue weighted by atomic mass is 79.9. The standard InChI is InChI=1S/C17H29BrO4Si/c1-16(2,3)23(4,5)21-7-17-9-6-8-10(17)14(12(19)15(17)20)22-13(8)11(9)18/h8-15,19-20H,6-7H2,1-5H3/t8-,9-,10?,11?,12+,13+,14?,15+,17+/m1/s1. The fourth-order valence-corrected chi connectivity index (χ4v) is 7.81. The van der Waals surface area contributed by atoms with E-state index in [-0.39, 0.29) is 33.4 Å². The van der Waals surface area contributed by atoms with Crippen LogP contribution in [0.3, 0.4) is 0 Å². The summed E-state index contributed by atoms with van der Waals surface area (Å²) in [6.45, 7) is 11.8. The van der Waals surface area contributed by atoms with Crippen LogP contribution in [0, 0.1) is 23.2 Å². The van der Waals surface area contributed by atoms with E-state index in [9.17, 15) is 10.2 Å². The SMILES string of the molecule is CC(C)(C)[Si](C)(C)OC[C@@]12C3C(O[C@@H]4C(Br)[C@H]1C[C@H]34)[C@H](O)[C@@H]2O. The molecule has 3 saturated carbocycles. The van der Waals surface area contributed by atoms with E-state index in [0.29, 0.717) is 18.4 Å². The van der Waals surface area contributed by atoms with E-state index in [1.807, 2.05) is 0 Å². The van der Waals surface area contributed by atoms with Crippen LogP contribution in [0.2, 0.25) is 18.1 Å². The molecule has 4 fully saturated rings. The van der Waals surface area contributed by atoms with Crippen LogP contribution < -0.4 is 0 Å². The Balaban J connectivity index is 1.66. The van der Waals surface area contributed by atoms with Gasteiger partial charge in [0.15, 0.2) is 8.32 Å². The average molecular weight is 405 g/mol. The maximum absolute atomic E-state index is 10.9. The van der Waals surface area contributed by atoms with Crippen molar-refractivity contribution >= 4 is 24.2 Å². The van der Waals surface area contributed by atoms with Gasteiger partial charge in [-0.15, -0.1) is 0 Å². The van der Waals surface area contributed by atoms with Gasteiger partial charge in [0.25, 0.3) is 0 Å². The van der Waals surface area contributed by atoms with Crippen LogP contribution in [-0.4, -0.2) is 54.4 Å². The van der Waals surface area contributed by atoms with Crippen molar-refractivity contribution in [2.24, 2.45) is 23.2 Å². The second kappa shape index (κ2) is 4.83. The highest BCUT2D eigenvalue weighted by Crippen LogP contribution is 2.72. The molecule has 4 nitrogen and oxygen atoms in total. The van der Waals surface area contributed by atoms with Gasteiger partial charge in [-0.3, -0.25) is 0 Å². The third-order valence-electron chi connectivity index (χ3n) is 7.79. The van der Waals surface area contributed by atoms with Crippen molar-refractivity contribution in [3.05, 3.63) is 0 Å². The Hall–Kier alpha value is 0.537. The zero-order chi connectivity index (χ0) is 16.9. The first-order chi connectivity index (χ1) is 10.5. The van der Waals surface area contributed by atoms with Gasteiger partial charge >= 0.3 is 0 Å². The topological polar surface area (TPSA) is 58.9 Å². The van der Waals surface area contributed by atoms with Crippen LogP contribution >= 0.6 is 15.9 Å². The minimum absolute atomic E-state index is 0.144. The number of aliphatic hydroxyl groups excluding tert-OH is 2. The van der Waals surface area contributed by atoms with Gasteiger partial charge in [-0.05, 0) is 36.4 Å². The molecule has 6 heteroatoms. The zero-order valence-corrected chi connectivity index (χ0v) is 17.2. The van der Waals surface area contributed by atoms with Gasteiger partial charge in [-0.1, -0.05) is 36.7 Å². The lowest BCUT2D eigenvalue weighted by molar-refractivity contribution is -0.112. The summed E-state index contributed by atoms with van der Waals surface area (Å²) >= 11 is 3.83. The van der Waals surface area contributed by atoms with Crippen molar-refractivity contribution in [3.8, 4) is 0 Å². The van der Waals surface area contributed by atoms with E-state index in [2.05, 4.69) is 49.8 Å². The molecule has 9 atom stereocenters. The second-order valence-electron chi connectivity index (χ2n) is 9.64. The van der Waals surface area contributed by atoms with E-state index >= 15 is 0 Å². The minimum atomic E-state index is -1.90. The third-order valence-corrected chi connectivity index (χ3v) is 13.4. The normalized spacial score (nSPS) is 54.3. The molecule has 0 spiro atoms. The van der Waals surface area contributed by atoms with Crippen molar-refractivity contribution < 1.29 is 19.4 Å². The summed E-state index contributed by atoms with van der Waals surface area (Å²) in [5.74, 6) is 1.05. The smallest absolute Gasteiger partial charge is 0.192 e. The molecule has 3 aliphatic carbocycles. The molecule has 0 amide bonds. The Kier molecular flexibility index (Phi) is 3.56. The van der Waals surface area contributed by atoms with E-state index in [1.165, 1.54) is 0 Å². The van der Waals surface area contributed by atoms with Crippen molar-refractivity contribution in [2.45, 2.75) is 74.6 Å². The maximum atomic E-state index is 10.9. The Morgan fingerprint density at radius 3 is 2.52 bits per heavy atom. The Labute approximate surface area is 148 Å². The predicted octanol–water partition coefficient (Wildman–Crippen LogP) is 2.53. The van der Waals surface area contributed by atoms with Gasteiger partial charge in [0.1, 0.15) is 6.10 Å². The number of rotatable bonds is 3. The molecule has 1 heterocycles. The summed E-state index contributed by atoms with van der Waals surface area (Å²) in [6, 6.07) is 0. The molecule has 0 aromatic heterocycles. The molecule has 1 aliphatic heterocycles.